The SMILES string of the molecule is O=C(O)CCS(=O)(=O)N1CCCC1c1ccsc1. The Morgan fingerprint density at radius 3 is 2.94 bits per heavy atom. The van der Waals surface area contributed by atoms with Crippen molar-refractivity contribution >= 4 is 27.3 Å². The highest BCUT2D eigenvalue weighted by Crippen LogP contribution is 2.35. The maximum Gasteiger partial charge on any atom is 0.304 e. The van der Waals surface area contributed by atoms with E-state index in [2.05, 4.69) is 0 Å². The lowest BCUT2D eigenvalue weighted by Crippen LogP contribution is -2.33. The molecule has 5 nitrogen and oxygen atoms in total. The predicted octanol–water partition coefficient (Wildman–Crippen LogP) is 1.69. The van der Waals surface area contributed by atoms with Crippen molar-refractivity contribution in [3.05, 3.63) is 22.4 Å². The lowest BCUT2D eigenvalue weighted by atomic mass is 10.1. The Morgan fingerprint density at radius 1 is 1.56 bits per heavy atom. The van der Waals surface area contributed by atoms with Crippen LogP contribution in [-0.4, -0.2) is 36.1 Å². The van der Waals surface area contributed by atoms with Gasteiger partial charge >= 0.3 is 5.97 Å². The van der Waals surface area contributed by atoms with E-state index in [4.69, 9.17) is 5.11 Å². The van der Waals surface area contributed by atoms with Gasteiger partial charge in [0, 0.05) is 6.54 Å². The molecule has 1 aromatic heterocycles. The molecular formula is C11H15NO4S2. The van der Waals surface area contributed by atoms with E-state index in [1.54, 1.807) is 11.3 Å². The molecule has 1 aliphatic rings. The second kappa shape index (κ2) is 5.38. The molecule has 2 rings (SSSR count). The minimum Gasteiger partial charge on any atom is -0.481 e. The number of rotatable bonds is 5. The Morgan fingerprint density at radius 2 is 2.33 bits per heavy atom. The third-order valence-corrected chi connectivity index (χ3v) is 5.64. The van der Waals surface area contributed by atoms with Crippen LogP contribution in [0.15, 0.2) is 16.8 Å². The van der Waals surface area contributed by atoms with Gasteiger partial charge in [0.2, 0.25) is 10.0 Å². The van der Waals surface area contributed by atoms with E-state index < -0.39 is 16.0 Å². The van der Waals surface area contributed by atoms with Gasteiger partial charge in [-0.15, -0.1) is 0 Å². The molecule has 1 aromatic rings. The zero-order valence-corrected chi connectivity index (χ0v) is 11.4. The molecule has 0 amide bonds. The average Bonchev–Trinajstić information content (AvgIpc) is 2.96. The highest BCUT2D eigenvalue weighted by molar-refractivity contribution is 7.89. The Bertz CT molecular complexity index is 509. The molecule has 7 heteroatoms. The van der Waals surface area contributed by atoms with Crippen LogP contribution in [0.5, 0.6) is 0 Å². The van der Waals surface area contributed by atoms with Gasteiger partial charge in [-0.3, -0.25) is 4.79 Å². The fourth-order valence-corrected chi connectivity index (χ4v) is 4.60. The molecule has 0 aromatic carbocycles. The van der Waals surface area contributed by atoms with Crippen molar-refractivity contribution in [2.24, 2.45) is 0 Å². The molecule has 0 saturated carbocycles. The Hall–Kier alpha value is -0.920. The third-order valence-electron chi connectivity index (χ3n) is 3.06. The smallest absolute Gasteiger partial charge is 0.304 e. The normalized spacial score (nSPS) is 21.2. The van der Waals surface area contributed by atoms with E-state index in [0.29, 0.717) is 6.54 Å². The molecular weight excluding hydrogens is 274 g/mol. The van der Waals surface area contributed by atoms with Crippen LogP contribution in [0, 0.1) is 0 Å². The van der Waals surface area contributed by atoms with Crippen molar-refractivity contribution in [1.29, 1.82) is 0 Å². The van der Waals surface area contributed by atoms with Gasteiger partial charge in [-0.1, -0.05) is 0 Å². The number of carboxylic acids is 1. The van der Waals surface area contributed by atoms with Gasteiger partial charge in [-0.25, -0.2) is 8.42 Å². The largest absolute Gasteiger partial charge is 0.481 e. The zero-order chi connectivity index (χ0) is 13.2. The van der Waals surface area contributed by atoms with Crippen LogP contribution in [0.1, 0.15) is 30.9 Å². The number of carboxylic acid groups (broad SMARTS) is 1. The first kappa shape index (κ1) is 13.5. The third kappa shape index (κ3) is 2.90. The molecule has 0 aliphatic carbocycles. The summed E-state index contributed by atoms with van der Waals surface area (Å²) in [5.41, 5.74) is 1.01. The summed E-state index contributed by atoms with van der Waals surface area (Å²) in [7, 11) is -3.47. The summed E-state index contributed by atoms with van der Waals surface area (Å²) in [5.74, 6) is -1.40. The van der Waals surface area contributed by atoms with E-state index >= 15 is 0 Å². The Balaban J connectivity index is 2.14. The van der Waals surface area contributed by atoms with Gasteiger partial charge in [0.1, 0.15) is 0 Å². The first-order chi connectivity index (χ1) is 8.50. The summed E-state index contributed by atoms with van der Waals surface area (Å²) in [5, 5.41) is 12.5. The molecule has 1 N–H and O–H groups in total. The fourth-order valence-electron chi connectivity index (χ4n) is 2.20. The van der Waals surface area contributed by atoms with Crippen molar-refractivity contribution in [2.75, 3.05) is 12.3 Å². The summed E-state index contributed by atoms with van der Waals surface area (Å²) in [6.07, 6.45) is 1.30. The average molecular weight is 289 g/mol. The van der Waals surface area contributed by atoms with Gasteiger partial charge in [-0.2, -0.15) is 15.6 Å². The van der Waals surface area contributed by atoms with Crippen LogP contribution in [0.2, 0.25) is 0 Å². The number of hydrogen-bond donors (Lipinski definition) is 1. The van der Waals surface area contributed by atoms with Crippen LogP contribution in [0.25, 0.3) is 0 Å². The summed E-state index contributed by atoms with van der Waals surface area (Å²) in [4.78, 5) is 10.5. The minimum atomic E-state index is -3.47. The molecule has 100 valence electrons. The molecule has 1 atom stereocenters. The monoisotopic (exact) mass is 289 g/mol. The van der Waals surface area contributed by atoms with E-state index in [1.165, 1.54) is 4.31 Å². The second-order valence-electron chi connectivity index (χ2n) is 4.29. The van der Waals surface area contributed by atoms with E-state index in [-0.39, 0.29) is 18.2 Å². The number of sulfonamides is 1. The Kier molecular flexibility index (Phi) is 4.04. The number of hydrogen-bond acceptors (Lipinski definition) is 4. The maximum atomic E-state index is 12.1. The van der Waals surface area contributed by atoms with Crippen molar-refractivity contribution in [3.8, 4) is 0 Å². The van der Waals surface area contributed by atoms with E-state index in [9.17, 15) is 13.2 Å². The molecule has 18 heavy (non-hydrogen) atoms. The molecule has 2 heterocycles. The Labute approximate surface area is 110 Å². The van der Waals surface area contributed by atoms with E-state index in [1.807, 2.05) is 16.8 Å². The van der Waals surface area contributed by atoms with Gasteiger partial charge < -0.3 is 5.11 Å². The molecule has 1 unspecified atom stereocenters. The van der Waals surface area contributed by atoms with Gasteiger partial charge in [0.05, 0.1) is 18.2 Å². The highest BCUT2D eigenvalue weighted by atomic mass is 32.2. The molecule has 1 aliphatic heterocycles. The molecule has 0 spiro atoms. The summed E-state index contributed by atoms with van der Waals surface area (Å²) in [6, 6.07) is 1.82. The highest BCUT2D eigenvalue weighted by Gasteiger charge is 2.35. The molecule has 1 fully saturated rings. The number of aliphatic carboxylic acids is 1. The lowest BCUT2D eigenvalue weighted by molar-refractivity contribution is -0.136. The maximum absolute atomic E-state index is 12.1. The number of thiophene rings is 1. The van der Waals surface area contributed by atoms with Crippen LogP contribution in [0.4, 0.5) is 0 Å². The molecule has 0 bridgehead atoms. The van der Waals surface area contributed by atoms with Crippen LogP contribution in [-0.2, 0) is 14.8 Å². The van der Waals surface area contributed by atoms with Crippen molar-refractivity contribution in [3.63, 3.8) is 0 Å². The summed E-state index contributed by atoms with van der Waals surface area (Å²) in [6.45, 7) is 0.489. The van der Waals surface area contributed by atoms with Crippen LogP contribution < -0.4 is 0 Å². The minimum absolute atomic E-state index is 0.116. The van der Waals surface area contributed by atoms with E-state index in [0.717, 1.165) is 18.4 Å². The van der Waals surface area contributed by atoms with Crippen molar-refractivity contribution < 1.29 is 18.3 Å². The topological polar surface area (TPSA) is 74.7 Å². The first-order valence-corrected chi connectivity index (χ1v) is 8.29. The standard InChI is InChI=1S/C11H15NO4S2/c13-11(14)4-7-18(15,16)12-5-1-2-10(12)9-3-6-17-8-9/h3,6,8,10H,1-2,4-5,7H2,(H,13,14). The van der Waals surface area contributed by atoms with Gasteiger partial charge in [0.15, 0.2) is 0 Å². The molecule has 0 radical (unpaired) electrons. The van der Waals surface area contributed by atoms with Crippen LogP contribution in [0.3, 0.4) is 0 Å². The lowest BCUT2D eigenvalue weighted by Gasteiger charge is -2.23. The number of nitrogens with zero attached hydrogens (tertiary/aromatic N) is 1. The quantitative estimate of drug-likeness (QED) is 0.895. The van der Waals surface area contributed by atoms with Crippen LogP contribution >= 0.6 is 11.3 Å². The molecule has 1 saturated heterocycles. The van der Waals surface area contributed by atoms with Crippen molar-refractivity contribution in [1.82, 2.24) is 4.31 Å². The zero-order valence-electron chi connectivity index (χ0n) is 9.78. The summed E-state index contributed by atoms with van der Waals surface area (Å²) < 4.78 is 25.7. The summed E-state index contributed by atoms with van der Waals surface area (Å²) >= 11 is 1.54. The predicted molar refractivity (Wildman–Crippen MR) is 69.0 cm³/mol. The first-order valence-electron chi connectivity index (χ1n) is 5.74. The van der Waals surface area contributed by atoms with Gasteiger partial charge in [-0.05, 0) is 35.2 Å². The number of carbonyl (C=O) groups is 1. The van der Waals surface area contributed by atoms with Crippen molar-refractivity contribution in [2.45, 2.75) is 25.3 Å². The fraction of sp³-hybridized carbons (Fsp3) is 0.545. The second-order valence-corrected chi connectivity index (χ2v) is 7.11. The van der Waals surface area contributed by atoms with Gasteiger partial charge in [0.25, 0.3) is 0 Å².